The van der Waals surface area contributed by atoms with Gasteiger partial charge in [0.05, 0.1) is 12.5 Å². The van der Waals surface area contributed by atoms with Crippen LogP contribution in [0.5, 0.6) is 0 Å². The van der Waals surface area contributed by atoms with Crippen LogP contribution in [0.15, 0.2) is 36.5 Å². The number of carbonyl (C=O) groups is 4. The second-order valence-electron chi connectivity index (χ2n) is 6.04. The third-order valence-corrected chi connectivity index (χ3v) is 4.85. The molecule has 0 aromatic heterocycles. The molecule has 0 aliphatic heterocycles. The van der Waals surface area contributed by atoms with E-state index in [1.165, 1.54) is 13.0 Å². The van der Waals surface area contributed by atoms with Crippen LogP contribution in [0.25, 0.3) is 0 Å². The Morgan fingerprint density at radius 3 is 2.21 bits per heavy atom. The number of rotatable bonds is 15. The number of hydrogen-bond donors (Lipinski definition) is 5. The molecule has 0 unspecified atom stereocenters. The van der Waals surface area contributed by atoms with Gasteiger partial charge in [-0.1, -0.05) is 36.5 Å². The van der Waals surface area contributed by atoms with Gasteiger partial charge in [-0.2, -0.15) is 0 Å². The standard InChI is InChI=1S/C19H27NO8S/c1-13(21)20-14(19(27)28)12-29-16(15(22)8-7-11-18(25)26)9-5-3-2-4-6-10-17(23)24/h2-6,9,14-16,22H,7-8,10-12H2,1H3,(H,20,21)(H,23,24)(H,25,26)(H,27,28)/b3-2+,6-4-,9-5+/t14-,15-,16+/m0/s1. The van der Waals surface area contributed by atoms with E-state index in [4.69, 9.17) is 10.2 Å². The quantitative estimate of drug-likeness (QED) is 0.242. The minimum Gasteiger partial charge on any atom is -0.481 e. The van der Waals surface area contributed by atoms with Crippen LogP contribution in [0.1, 0.15) is 32.6 Å². The van der Waals surface area contributed by atoms with Crippen molar-refractivity contribution in [2.24, 2.45) is 0 Å². The first kappa shape index (κ1) is 26.4. The molecule has 0 radical (unpaired) electrons. The van der Waals surface area contributed by atoms with E-state index in [1.807, 2.05) is 0 Å². The first-order valence-electron chi connectivity index (χ1n) is 8.86. The van der Waals surface area contributed by atoms with Crippen molar-refractivity contribution in [3.63, 3.8) is 0 Å². The molecule has 0 fully saturated rings. The molecule has 0 aliphatic carbocycles. The normalized spacial score (nSPS) is 14.8. The Kier molecular flexibility index (Phi) is 14.0. The van der Waals surface area contributed by atoms with Crippen molar-refractivity contribution in [3.05, 3.63) is 36.5 Å². The van der Waals surface area contributed by atoms with Crippen molar-refractivity contribution in [2.75, 3.05) is 5.75 Å². The van der Waals surface area contributed by atoms with E-state index >= 15 is 0 Å². The van der Waals surface area contributed by atoms with Gasteiger partial charge in [0.15, 0.2) is 0 Å². The summed E-state index contributed by atoms with van der Waals surface area (Å²) in [6.45, 7) is 1.21. The zero-order valence-electron chi connectivity index (χ0n) is 16.1. The minimum absolute atomic E-state index is 0.0160. The number of amides is 1. The van der Waals surface area contributed by atoms with Gasteiger partial charge in [0, 0.05) is 24.3 Å². The van der Waals surface area contributed by atoms with Crippen molar-refractivity contribution in [2.45, 2.75) is 50.0 Å². The van der Waals surface area contributed by atoms with E-state index in [0.29, 0.717) is 0 Å². The average Bonchev–Trinajstić information content (AvgIpc) is 2.60. The number of carboxylic acid groups (broad SMARTS) is 3. The van der Waals surface area contributed by atoms with Crippen LogP contribution in [0.3, 0.4) is 0 Å². The monoisotopic (exact) mass is 429 g/mol. The molecule has 10 heteroatoms. The fourth-order valence-corrected chi connectivity index (χ4v) is 3.30. The molecular formula is C19H27NO8S. The highest BCUT2D eigenvalue weighted by Gasteiger charge is 2.23. The van der Waals surface area contributed by atoms with Crippen molar-refractivity contribution in [1.29, 1.82) is 0 Å². The molecule has 162 valence electrons. The topological polar surface area (TPSA) is 161 Å². The van der Waals surface area contributed by atoms with Gasteiger partial charge in [-0.15, -0.1) is 11.8 Å². The Hall–Kier alpha value is -2.59. The van der Waals surface area contributed by atoms with Crippen LogP contribution in [-0.2, 0) is 19.2 Å². The molecule has 9 nitrogen and oxygen atoms in total. The summed E-state index contributed by atoms with van der Waals surface area (Å²) in [5.74, 6) is -3.58. The molecule has 0 spiro atoms. The minimum atomic E-state index is -1.20. The predicted octanol–water partition coefficient (Wildman–Crippen LogP) is 1.44. The molecule has 0 aromatic carbocycles. The van der Waals surface area contributed by atoms with Crippen LogP contribution in [0, 0.1) is 0 Å². The summed E-state index contributed by atoms with van der Waals surface area (Å²) in [5.41, 5.74) is 0. The van der Waals surface area contributed by atoms with E-state index in [-0.39, 0.29) is 31.4 Å². The molecule has 0 saturated carbocycles. The third kappa shape index (κ3) is 15.1. The van der Waals surface area contributed by atoms with Crippen molar-refractivity contribution >= 4 is 35.6 Å². The van der Waals surface area contributed by atoms with E-state index in [1.54, 1.807) is 30.4 Å². The Morgan fingerprint density at radius 1 is 1.00 bits per heavy atom. The van der Waals surface area contributed by atoms with Gasteiger partial charge in [-0.3, -0.25) is 14.4 Å². The molecule has 0 heterocycles. The van der Waals surface area contributed by atoms with Crippen LogP contribution in [0.2, 0.25) is 0 Å². The average molecular weight is 429 g/mol. The van der Waals surface area contributed by atoms with E-state index in [9.17, 15) is 29.4 Å². The number of carbonyl (C=O) groups excluding carboxylic acids is 1. The number of allylic oxidation sites excluding steroid dienone is 4. The van der Waals surface area contributed by atoms with Crippen molar-refractivity contribution < 1.29 is 39.6 Å². The highest BCUT2D eigenvalue weighted by Crippen LogP contribution is 2.21. The van der Waals surface area contributed by atoms with Gasteiger partial charge in [0.2, 0.25) is 5.91 Å². The highest BCUT2D eigenvalue weighted by atomic mass is 32.2. The van der Waals surface area contributed by atoms with Crippen LogP contribution in [0.4, 0.5) is 0 Å². The number of aliphatic hydroxyl groups is 1. The smallest absolute Gasteiger partial charge is 0.327 e. The number of thioether (sulfide) groups is 1. The lowest BCUT2D eigenvalue weighted by molar-refractivity contribution is -0.141. The largest absolute Gasteiger partial charge is 0.481 e. The first-order valence-corrected chi connectivity index (χ1v) is 9.91. The number of hydrogen-bond acceptors (Lipinski definition) is 6. The number of aliphatic hydroxyl groups excluding tert-OH is 1. The summed E-state index contributed by atoms with van der Waals surface area (Å²) in [4.78, 5) is 43.4. The van der Waals surface area contributed by atoms with E-state index in [0.717, 1.165) is 11.8 Å². The Balaban J connectivity index is 4.95. The molecule has 0 saturated heterocycles. The second-order valence-corrected chi connectivity index (χ2v) is 7.25. The van der Waals surface area contributed by atoms with Gasteiger partial charge in [0.25, 0.3) is 0 Å². The summed E-state index contributed by atoms with van der Waals surface area (Å²) in [6.07, 6.45) is 8.90. The highest BCUT2D eigenvalue weighted by molar-refractivity contribution is 8.00. The number of carboxylic acids is 3. The molecule has 3 atom stereocenters. The molecule has 29 heavy (non-hydrogen) atoms. The lowest BCUT2D eigenvalue weighted by Gasteiger charge is -2.21. The summed E-state index contributed by atoms with van der Waals surface area (Å²) in [7, 11) is 0. The second kappa shape index (κ2) is 15.3. The third-order valence-electron chi connectivity index (χ3n) is 3.46. The van der Waals surface area contributed by atoms with Gasteiger partial charge in [-0.05, 0) is 12.8 Å². The van der Waals surface area contributed by atoms with E-state index in [2.05, 4.69) is 5.32 Å². The molecule has 1 amide bonds. The Morgan fingerprint density at radius 2 is 1.66 bits per heavy atom. The predicted molar refractivity (Wildman–Crippen MR) is 109 cm³/mol. The summed E-state index contributed by atoms with van der Waals surface area (Å²) < 4.78 is 0. The van der Waals surface area contributed by atoms with Crippen LogP contribution < -0.4 is 5.32 Å². The maximum atomic E-state index is 11.2. The summed E-state index contributed by atoms with van der Waals surface area (Å²) in [5, 5.41) is 38.6. The van der Waals surface area contributed by atoms with Crippen molar-refractivity contribution in [1.82, 2.24) is 5.32 Å². The zero-order valence-corrected chi connectivity index (χ0v) is 16.9. The molecule has 0 aliphatic rings. The molecular weight excluding hydrogens is 402 g/mol. The lowest BCUT2D eigenvalue weighted by Crippen LogP contribution is -2.42. The van der Waals surface area contributed by atoms with Gasteiger partial charge in [0.1, 0.15) is 6.04 Å². The molecule has 0 aromatic rings. The Bertz CT molecular complexity index is 644. The van der Waals surface area contributed by atoms with Crippen LogP contribution >= 0.6 is 11.8 Å². The number of aliphatic carboxylic acids is 3. The molecule has 5 N–H and O–H groups in total. The van der Waals surface area contributed by atoms with Crippen LogP contribution in [-0.4, -0.2) is 67.4 Å². The summed E-state index contributed by atoms with van der Waals surface area (Å²) in [6, 6.07) is -1.12. The zero-order chi connectivity index (χ0) is 22.2. The summed E-state index contributed by atoms with van der Waals surface area (Å²) >= 11 is 1.13. The van der Waals surface area contributed by atoms with Crippen molar-refractivity contribution in [3.8, 4) is 0 Å². The maximum absolute atomic E-state index is 11.2. The lowest BCUT2D eigenvalue weighted by atomic mass is 10.1. The fraction of sp³-hybridized carbons (Fsp3) is 0.474. The van der Waals surface area contributed by atoms with Gasteiger partial charge >= 0.3 is 17.9 Å². The molecule has 0 bridgehead atoms. The maximum Gasteiger partial charge on any atom is 0.327 e. The first-order chi connectivity index (χ1) is 13.6. The SMILES string of the molecule is CC(=O)N[C@@H](CS[C@H](/C=C/C=C/C=C\CC(=O)O)[C@@H](O)CCCC(=O)O)C(=O)O. The molecule has 0 rings (SSSR count). The van der Waals surface area contributed by atoms with Gasteiger partial charge < -0.3 is 25.7 Å². The van der Waals surface area contributed by atoms with Gasteiger partial charge in [-0.25, -0.2) is 4.79 Å². The number of nitrogens with one attached hydrogen (secondary N) is 1. The fourth-order valence-electron chi connectivity index (χ4n) is 2.10. The Labute approximate surface area is 173 Å². The van der Waals surface area contributed by atoms with E-state index < -0.39 is 41.2 Å².